The van der Waals surface area contributed by atoms with Crippen molar-refractivity contribution in [3.63, 3.8) is 0 Å². The van der Waals surface area contributed by atoms with Crippen molar-refractivity contribution >= 4 is 17.6 Å². The summed E-state index contributed by atoms with van der Waals surface area (Å²) in [6.45, 7) is 3.31. The molecule has 136 valence electrons. The van der Waals surface area contributed by atoms with E-state index in [1.807, 2.05) is 31.2 Å². The standard InChI is InChI=1S/C20H23N3O3/c1-3-18(14-6-10-17(26-2)11-7-14)22-19(24)15-4-8-16(9-5-15)23-13-12-21-20(23)25/h4-11,18H,3,12-13H2,1-2H3,(H,21,25)(H,22,24). The molecule has 1 heterocycles. The summed E-state index contributed by atoms with van der Waals surface area (Å²) in [5, 5.41) is 5.83. The molecule has 2 aromatic rings. The lowest BCUT2D eigenvalue weighted by Gasteiger charge is -2.18. The van der Waals surface area contributed by atoms with E-state index in [2.05, 4.69) is 10.6 Å². The Morgan fingerprint density at radius 2 is 1.88 bits per heavy atom. The minimum absolute atomic E-state index is 0.0718. The lowest BCUT2D eigenvalue weighted by Crippen LogP contribution is -2.29. The van der Waals surface area contributed by atoms with Crippen molar-refractivity contribution in [3.8, 4) is 5.75 Å². The highest BCUT2D eigenvalue weighted by Crippen LogP contribution is 2.21. The second-order valence-corrected chi connectivity index (χ2v) is 6.14. The molecule has 2 aromatic carbocycles. The zero-order chi connectivity index (χ0) is 18.5. The van der Waals surface area contributed by atoms with Crippen molar-refractivity contribution in [1.82, 2.24) is 10.6 Å². The van der Waals surface area contributed by atoms with Crippen LogP contribution in [0.3, 0.4) is 0 Å². The molecule has 0 bridgehead atoms. The van der Waals surface area contributed by atoms with Crippen LogP contribution in [-0.2, 0) is 0 Å². The molecule has 6 nitrogen and oxygen atoms in total. The van der Waals surface area contributed by atoms with Crippen molar-refractivity contribution in [2.24, 2.45) is 0 Å². The zero-order valence-corrected chi connectivity index (χ0v) is 15.0. The molecule has 1 aliphatic rings. The molecule has 26 heavy (non-hydrogen) atoms. The first-order valence-corrected chi connectivity index (χ1v) is 8.72. The van der Waals surface area contributed by atoms with Crippen LogP contribution < -0.4 is 20.3 Å². The summed E-state index contributed by atoms with van der Waals surface area (Å²) < 4.78 is 5.17. The topological polar surface area (TPSA) is 70.7 Å². The van der Waals surface area contributed by atoms with E-state index in [0.29, 0.717) is 18.7 Å². The van der Waals surface area contributed by atoms with E-state index in [4.69, 9.17) is 4.74 Å². The Labute approximate surface area is 153 Å². The number of amides is 3. The highest BCUT2D eigenvalue weighted by atomic mass is 16.5. The fourth-order valence-electron chi connectivity index (χ4n) is 3.01. The van der Waals surface area contributed by atoms with E-state index in [1.165, 1.54) is 0 Å². The first-order valence-electron chi connectivity index (χ1n) is 8.72. The molecule has 1 saturated heterocycles. The number of hydrogen-bond acceptors (Lipinski definition) is 3. The second kappa shape index (κ2) is 7.91. The van der Waals surface area contributed by atoms with Gasteiger partial charge in [-0.1, -0.05) is 19.1 Å². The number of hydrogen-bond donors (Lipinski definition) is 2. The zero-order valence-electron chi connectivity index (χ0n) is 15.0. The van der Waals surface area contributed by atoms with Crippen LogP contribution in [0, 0.1) is 0 Å². The van der Waals surface area contributed by atoms with E-state index in [-0.39, 0.29) is 18.0 Å². The summed E-state index contributed by atoms with van der Waals surface area (Å²) in [7, 11) is 1.63. The van der Waals surface area contributed by atoms with Crippen LogP contribution in [0.1, 0.15) is 35.3 Å². The Morgan fingerprint density at radius 3 is 2.42 bits per heavy atom. The van der Waals surface area contributed by atoms with Gasteiger partial charge in [-0.15, -0.1) is 0 Å². The van der Waals surface area contributed by atoms with E-state index in [9.17, 15) is 9.59 Å². The number of carbonyl (C=O) groups excluding carboxylic acids is 2. The van der Waals surface area contributed by atoms with Crippen molar-refractivity contribution in [1.29, 1.82) is 0 Å². The van der Waals surface area contributed by atoms with Gasteiger partial charge >= 0.3 is 6.03 Å². The number of benzene rings is 2. The van der Waals surface area contributed by atoms with Gasteiger partial charge in [0, 0.05) is 24.3 Å². The SMILES string of the molecule is CCC(NC(=O)c1ccc(N2CCNC2=O)cc1)c1ccc(OC)cc1. The molecule has 0 aliphatic carbocycles. The average Bonchev–Trinajstić information content (AvgIpc) is 3.12. The predicted octanol–water partition coefficient (Wildman–Crippen LogP) is 3.11. The molecule has 0 saturated carbocycles. The van der Waals surface area contributed by atoms with Gasteiger partial charge in [-0.25, -0.2) is 4.79 Å². The van der Waals surface area contributed by atoms with Crippen LogP contribution in [0.25, 0.3) is 0 Å². The average molecular weight is 353 g/mol. The Kier molecular flexibility index (Phi) is 5.41. The Bertz CT molecular complexity index is 772. The minimum atomic E-state index is -0.134. The fraction of sp³-hybridized carbons (Fsp3) is 0.300. The Hall–Kier alpha value is -3.02. The largest absolute Gasteiger partial charge is 0.497 e. The maximum Gasteiger partial charge on any atom is 0.321 e. The number of methoxy groups -OCH3 is 1. The van der Waals surface area contributed by atoms with Gasteiger partial charge in [0.1, 0.15) is 5.75 Å². The molecular formula is C20H23N3O3. The summed E-state index contributed by atoms with van der Waals surface area (Å²) in [6, 6.07) is 14.6. The monoisotopic (exact) mass is 353 g/mol. The number of ether oxygens (including phenoxy) is 1. The summed E-state index contributed by atoms with van der Waals surface area (Å²) >= 11 is 0. The molecule has 6 heteroatoms. The van der Waals surface area contributed by atoms with Gasteiger partial charge in [0.15, 0.2) is 0 Å². The maximum absolute atomic E-state index is 12.6. The van der Waals surface area contributed by atoms with Gasteiger partial charge in [0.2, 0.25) is 0 Å². The van der Waals surface area contributed by atoms with Crippen LogP contribution in [0.2, 0.25) is 0 Å². The number of nitrogens with zero attached hydrogens (tertiary/aromatic N) is 1. The van der Waals surface area contributed by atoms with Gasteiger partial charge in [-0.05, 0) is 48.4 Å². The second-order valence-electron chi connectivity index (χ2n) is 6.14. The van der Waals surface area contributed by atoms with Crippen LogP contribution >= 0.6 is 0 Å². The molecule has 1 aliphatic heterocycles. The molecule has 3 amide bonds. The van der Waals surface area contributed by atoms with Crippen molar-refractivity contribution in [2.75, 3.05) is 25.1 Å². The van der Waals surface area contributed by atoms with Crippen molar-refractivity contribution < 1.29 is 14.3 Å². The number of anilines is 1. The van der Waals surface area contributed by atoms with Gasteiger partial charge < -0.3 is 15.4 Å². The number of urea groups is 1. The number of nitrogens with one attached hydrogen (secondary N) is 2. The van der Waals surface area contributed by atoms with E-state index in [1.54, 1.807) is 36.3 Å². The van der Waals surface area contributed by atoms with E-state index >= 15 is 0 Å². The summed E-state index contributed by atoms with van der Waals surface area (Å²) in [6.07, 6.45) is 0.782. The highest BCUT2D eigenvalue weighted by molar-refractivity contribution is 5.97. The van der Waals surface area contributed by atoms with E-state index < -0.39 is 0 Å². The molecular weight excluding hydrogens is 330 g/mol. The smallest absolute Gasteiger partial charge is 0.321 e. The quantitative estimate of drug-likeness (QED) is 0.838. The first kappa shape index (κ1) is 17.8. The number of rotatable bonds is 6. The van der Waals surface area contributed by atoms with Crippen LogP contribution in [-0.4, -0.2) is 32.1 Å². The molecule has 0 spiro atoms. The lowest BCUT2D eigenvalue weighted by atomic mass is 10.0. The van der Waals surface area contributed by atoms with Gasteiger partial charge in [-0.2, -0.15) is 0 Å². The third-order valence-electron chi connectivity index (χ3n) is 4.53. The van der Waals surface area contributed by atoms with Crippen LogP contribution in [0.5, 0.6) is 5.75 Å². The Balaban J connectivity index is 1.68. The Morgan fingerprint density at radius 1 is 1.19 bits per heavy atom. The molecule has 3 rings (SSSR count). The maximum atomic E-state index is 12.6. The lowest BCUT2D eigenvalue weighted by molar-refractivity contribution is 0.0935. The van der Waals surface area contributed by atoms with Crippen molar-refractivity contribution in [2.45, 2.75) is 19.4 Å². The predicted molar refractivity (Wildman–Crippen MR) is 101 cm³/mol. The van der Waals surface area contributed by atoms with E-state index in [0.717, 1.165) is 23.4 Å². The minimum Gasteiger partial charge on any atom is -0.497 e. The highest BCUT2D eigenvalue weighted by Gasteiger charge is 2.21. The normalized spacial score (nSPS) is 14.7. The number of carbonyl (C=O) groups is 2. The fourth-order valence-corrected chi connectivity index (χ4v) is 3.01. The molecule has 2 N–H and O–H groups in total. The third kappa shape index (κ3) is 3.79. The molecule has 0 aromatic heterocycles. The summed E-state index contributed by atoms with van der Waals surface area (Å²) in [5.74, 6) is 0.654. The molecule has 1 atom stereocenters. The summed E-state index contributed by atoms with van der Waals surface area (Å²) in [4.78, 5) is 25.9. The van der Waals surface area contributed by atoms with Crippen LogP contribution in [0.15, 0.2) is 48.5 Å². The van der Waals surface area contributed by atoms with Gasteiger partial charge in [0.05, 0.1) is 13.2 Å². The summed E-state index contributed by atoms with van der Waals surface area (Å²) in [5.41, 5.74) is 2.39. The molecule has 0 radical (unpaired) electrons. The third-order valence-corrected chi connectivity index (χ3v) is 4.53. The van der Waals surface area contributed by atoms with Gasteiger partial charge in [-0.3, -0.25) is 9.69 Å². The first-order chi connectivity index (χ1) is 12.6. The van der Waals surface area contributed by atoms with Crippen LogP contribution in [0.4, 0.5) is 10.5 Å². The van der Waals surface area contributed by atoms with Gasteiger partial charge in [0.25, 0.3) is 5.91 Å². The molecule has 1 unspecified atom stereocenters. The van der Waals surface area contributed by atoms with Crippen molar-refractivity contribution in [3.05, 3.63) is 59.7 Å². The molecule has 1 fully saturated rings.